The van der Waals surface area contributed by atoms with Crippen molar-refractivity contribution in [2.45, 2.75) is 112 Å². The van der Waals surface area contributed by atoms with Gasteiger partial charge in [-0.2, -0.15) is 0 Å². The molecular formula is C47H62N10O12S2. The number of hydrogen-bond donors (Lipinski definition) is 14. The maximum absolute atomic E-state index is 14.6. The van der Waals surface area contributed by atoms with Crippen LogP contribution in [-0.2, 0) is 57.6 Å². The van der Waals surface area contributed by atoms with Crippen LogP contribution in [0.15, 0.2) is 85.1 Å². The Labute approximate surface area is 417 Å². The summed E-state index contributed by atoms with van der Waals surface area (Å²) >= 11 is 0. The standard InChI is InChI=1S/C47H62N10O12S2/c1-25(58)20-37(61)55-45(44(67)56-38(26(2)59)47(68)69)70-71-46(57-40(63)32(49)21-27-10-4-3-5-11-27)43(66)54-35(22-28-15-17-30(60)18-16-28)41(64)53-36(23-29-24-51-33-13-7-6-12-31(29)33)42(65)52-34(39(50)62)14-8-9-19-48/h3-7,10-13,15-18,24-26,32,34-36,38,45-46,51,58-60H,8-9,14,19-23,48-49H2,1-2H3,(H2,50,62)(H,52,65)(H,53,64)(H,54,66)(H,55,61)(H,56,67)(H,57,63)(H,68,69)/t25?,26?,32-,34+,35+,36-,38+,45+,46+/m1/s1. The molecule has 3 aromatic carbocycles. The first-order valence-corrected chi connectivity index (χ1v) is 24.9. The minimum Gasteiger partial charge on any atom is -0.508 e. The summed E-state index contributed by atoms with van der Waals surface area (Å²) in [5, 5.41) is 51.9. The number of benzene rings is 3. The molecule has 1 aromatic heterocycles. The van der Waals surface area contributed by atoms with E-state index >= 15 is 0 Å². The number of aromatic nitrogens is 1. The molecule has 2 unspecified atom stereocenters. The second-order valence-corrected chi connectivity index (χ2v) is 19.2. The van der Waals surface area contributed by atoms with Crippen molar-refractivity contribution in [2.24, 2.45) is 17.2 Å². The number of carboxylic acid groups (broad SMARTS) is 1. The van der Waals surface area contributed by atoms with Gasteiger partial charge in [-0.25, -0.2) is 4.79 Å². The third-order valence-corrected chi connectivity index (χ3v) is 13.4. The summed E-state index contributed by atoms with van der Waals surface area (Å²) < 4.78 is 0. The van der Waals surface area contributed by atoms with E-state index in [-0.39, 0.29) is 31.4 Å². The minimum atomic E-state index is -1.84. The molecule has 71 heavy (non-hydrogen) atoms. The van der Waals surface area contributed by atoms with Crippen LogP contribution in [0.4, 0.5) is 0 Å². The molecule has 4 aromatic rings. The molecule has 0 aliphatic rings. The number of primary amides is 1. The Morgan fingerprint density at radius 3 is 1.82 bits per heavy atom. The fourth-order valence-corrected chi connectivity index (χ4v) is 9.40. The molecule has 17 N–H and O–H groups in total. The maximum atomic E-state index is 14.6. The zero-order valence-electron chi connectivity index (χ0n) is 39.0. The number of H-pyrrole nitrogens is 1. The lowest BCUT2D eigenvalue weighted by molar-refractivity contribution is -0.144. The van der Waals surface area contributed by atoms with E-state index in [2.05, 4.69) is 36.9 Å². The number of hydrogen-bond acceptors (Lipinski definition) is 15. The largest absolute Gasteiger partial charge is 0.508 e. The quantitative estimate of drug-likeness (QED) is 0.0181. The highest BCUT2D eigenvalue weighted by atomic mass is 33.1. The minimum absolute atomic E-state index is 0.0184. The third-order valence-electron chi connectivity index (χ3n) is 10.8. The van der Waals surface area contributed by atoms with Gasteiger partial charge in [0, 0.05) is 29.9 Å². The van der Waals surface area contributed by atoms with E-state index in [0.29, 0.717) is 57.7 Å². The van der Waals surface area contributed by atoms with Crippen LogP contribution in [0.5, 0.6) is 5.75 Å². The molecule has 9 atom stereocenters. The van der Waals surface area contributed by atoms with Gasteiger partial charge in [-0.3, -0.25) is 33.6 Å². The lowest BCUT2D eigenvalue weighted by atomic mass is 10.0. The highest BCUT2D eigenvalue weighted by Crippen LogP contribution is 2.30. The molecule has 1 heterocycles. The number of aromatic amines is 1. The first-order valence-electron chi connectivity index (χ1n) is 22.6. The molecule has 0 saturated carbocycles. The first kappa shape index (κ1) is 56.9. The van der Waals surface area contributed by atoms with Crippen LogP contribution in [0.1, 0.15) is 56.2 Å². The number of carbonyl (C=O) groups is 8. The number of aliphatic hydroxyl groups excluding tert-OH is 2. The van der Waals surface area contributed by atoms with Crippen molar-refractivity contribution in [2.75, 3.05) is 6.54 Å². The number of amides is 7. The molecule has 0 aliphatic heterocycles. The van der Waals surface area contributed by atoms with Gasteiger partial charge < -0.3 is 74.5 Å². The SMILES string of the molecule is CC(O)CC(=O)N[C@@H](SS[C@H](NC(=O)[C@H](N)Cc1ccccc1)C(=O)N[C@@H](Cc1ccc(O)cc1)C(=O)N[C@H](Cc1c[nH]c2ccccc12)C(=O)N[C@@H](CCCCN)C(N)=O)C(=O)N[C@H](C(=O)O)C(C)O. The first-order chi connectivity index (χ1) is 33.8. The molecule has 0 bridgehead atoms. The van der Waals surface area contributed by atoms with Gasteiger partial charge in [0.25, 0.3) is 11.8 Å². The number of aliphatic hydroxyl groups is 2. The topological polar surface area (TPSA) is 384 Å². The highest BCUT2D eigenvalue weighted by Gasteiger charge is 2.36. The summed E-state index contributed by atoms with van der Waals surface area (Å²) in [6.07, 6.45) is -0.772. The molecule has 0 fully saturated rings. The summed E-state index contributed by atoms with van der Waals surface area (Å²) in [5.74, 6) is -8.10. The predicted molar refractivity (Wildman–Crippen MR) is 266 cm³/mol. The van der Waals surface area contributed by atoms with E-state index in [1.54, 1.807) is 42.6 Å². The number of aliphatic carboxylic acids is 1. The maximum Gasteiger partial charge on any atom is 0.328 e. The molecule has 24 heteroatoms. The number of carboxylic acids is 1. The van der Waals surface area contributed by atoms with Crippen LogP contribution >= 0.6 is 21.6 Å². The fraction of sp³-hybridized carbons (Fsp3) is 0.404. The zero-order chi connectivity index (χ0) is 52.2. The summed E-state index contributed by atoms with van der Waals surface area (Å²) in [7, 11) is 0.999. The monoisotopic (exact) mass is 1020 g/mol. The van der Waals surface area contributed by atoms with Crippen molar-refractivity contribution in [1.29, 1.82) is 0 Å². The molecule has 22 nitrogen and oxygen atoms in total. The Balaban J connectivity index is 1.72. The van der Waals surface area contributed by atoms with E-state index in [0.717, 1.165) is 17.8 Å². The Hall–Kier alpha value is -6.70. The molecule has 0 aliphatic carbocycles. The fourth-order valence-electron chi connectivity index (χ4n) is 7.04. The van der Waals surface area contributed by atoms with Crippen molar-refractivity contribution in [3.8, 4) is 5.75 Å². The molecule has 4 rings (SSSR count). The van der Waals surface area contributed by atoms with Crippen molar-refractivity contribution >= 4 is 79.8 Å². The lowest BCUT2D eigenvalue weighted by Crippen LogP contribution is -2.59. The zero-order valence-corrected chi connectivity index (χ0v) is 40.7. The number of carbonyl (C=O) groups excluding carboxylic acids is 7. The number of phenolic OH excluding ortho intramolecular Hbond substituents is 1. The summed E-state index contributed by atoms with van der Waals surface area (Å²) in [4.78, 5) is 111. The van der Waals surface area contributed by atoms with Gasteiger partial charge >= 0.3 is 5.97 Å². The van der Waals surface area contributed by atoms with Gasteiger partial charge in [0.15, 0.2) is 16.8 Å². The second kappa shape index (κ2) is 28.2. The average Bonchev–Trinajstić information content (AvgIpc) is 3.73. The normalized spacial score (nSPS) is 15.0. The highest BCUT2D eigenvalue weighted by molar-refractivity contribution is 8.77. The lowest BCUT2D eigenvalue weighted by Gasteiger charge is -2.27. The van der Waals surface area contributed by atoms with Crippen LogP contribution in [-0.4, -0.2) is 132 Å². The smallest absolute Gasteiger partial charge is 0.328 e. The van der Waals surface area contributed by atoms with Crippen molar-refractivity contribution in [1.82, 2.24) is 36.9 Å². The van der Waals surface area contributed by atoms with Crippen molar-refractivity contribution in [3.63, 3.8) is 0 Å². The number of nitrogens with one attached hydrogen (secondary N) is 7. The Bertz CT molecular complexity index is 2440. The molecule has 384 valence electrons. The van der Waals surface area contributed by atoms with Gasteiger partial charge in [-0.1, -0.05) is 82.3 Å². The Morgan fingerprint density at radius 2 is 1.21 bits per heavy atom. The number of aromatic hydroxyl groups is 1. The number of phenols is 1. The summed E-state index contributed by atoms with van der Waals surface area (Å²) in [6, 6.07) is 14.5. The molecule has 0 radical (unpaired) electrons. The van der Waals surface area contributed by atoms with E-state index in [9.17, 15) is 58.8 Å². The van der Waals surface area contributed by atoms with E-state index in [1.165, 1.54) is 31.2 Å². The van der Waals surface area contributed by atoms with Crippen LogP contribution in [0.2, 0.25) is 0 Å². The van der Waals surface area contributed by atoms with Gasteiger partial charge in [0.2, 0.25) is 29.5 Å². The molecule has 0 saturated heterocycles. The van der Waals surface area contributed by atoms with E-state index in [1.807, 2.05) is 18.2 Å². The number of rotatable bonds is 29. The molecular weight excluding hydrogens is 961 g/mol. The van der Waals surface area contributed by atoms with Crippen LogP contribution in [0.25, 0.3) is 10.9 Å². The van der Waals surface area contributed by atoms with E-state index in [4.69, 9.17) is 17.2 Å². The van der Waals surface area contributed by atoms with Crippen molar-refractivity contribution < 1.29 is 58.8 Å². The van der Waals surface area contributed by atoms with Crippen molar-refractivity contribution in [3.05, 3.63) is 102 Å². The number of fused-ring (bicyclic) bond motifs is 1. The van der Waals surface area contributed by atoms with Crippen LogP contribution in [0, 0.1) is 0 Å². The predicted octanol–water partition coefficient (Wildman–Crippen LogP) is -0.715. The number of unbranched alkanes of at least 4 members (excludes halogenated alkanes) is 1. The van der Waals surface area contributed by atoms with Gasteiger partial charge in [0.05, 0.1) is 24.7 Å². The van der Waals surface area contributed by atoms with Gasteiger partial charge in [-0.15, -0.1) is 0 Å². The molecule has 7 amide bonds. The Kier molecular flexibility index (Phi) is 22.6. The summed E-state index contributed by atoms with van der Waals surface area (Å²) in [6.45, 7) is 2.76. The van der Waals surface area contributed by atoms with Gasteiger partial charge in [-0.05, 0) is 81.0 Å². The number of para-hydroxylation sites is 1. The van der Waals surface area contributed by atoms with Crippen LogP contribution in [0.3, 0.4) is 0 Å². The van der Waals surface area contributed by atoms with Crippen LogP contribution < -0.4 is 49.1 Å². The van der Waals surface area contributed by atoms with Gasteiger partial charge in [0.1, 0.15) is 23.9 Å². The summed E-state index contributed by atoms with van der Waals surface area (Å²) in [5.41, 5.74) is 20.1. The third kappa shape index (κ3) is 18.5. The number of nitrogens with two attached hydrogens (primary N) is 3. The van der Waals surface area contributed by atoms with E-state index < -0.39 is 107 Å². The molecule has 0 spiro atoms. The average molecular weight is 1020 g/mol. The second-order valence-electron chi connectivity index (χ2n) is 16.7. The Morgan fingerprint density at radius 1 is 0.648 bits per heavy atom.